The van der Waals surface area contributed by atoms with Gasteiger partial charge in [-0.25, -0.2) is 13.2 Å². The molecule has 5 nitrogen and oxygen atoms in total. The molecule has 0 aliphatic heterocycles. The van der Waals surface area contributed by atoms with Gasteiger partial charge in [-0.15, -0.1) is 0 Å². The largest absolute Gasteiger partial charge is 0.465 e. The van der Waals surface area contributed by atoms with Crippen LogP contribution in [0.3, 0.4) is 0 Å². The highest BCUT2D eigenvalue weighted by Crippen LogP contribution is 2.23. The first kappa shape index (κ1) is 12.6. The van der Waals surface area contributed by atoms with Crippen LogP contribution in [-0.4, -0.2) is 32.2 Å². The maximum atomic E-state index is 11.8. The Labute approximate surface area is 105 Å². The normalized spacial score (nSPS) is 11.7. The Bertz CT molecular complexity index is 700. The highest BCUT2D eigenvalue weighted by atomic mass is 32.2. The van der Waals surface area contributed by atoms with E-state index in [4.69, 9.17) is 0 Å². The number of esters is 1. The van der Waals surface area contributed by atoms with Crippen molar-refractivity contribution in [3.05, 3.63) is 30.0 Å². The number of aromatic nitrogens is 1. The molecule has 0 radical (unpaired) electrons. The maximum absolute atomic E-state index is 11.8. The van der Waals surface area contributed by atoms with Crippen LogP contribution >= 0.6 is 0 Å². The monoisotopic (exact) mass is 267 g/mol. The molecule has 0 amide bonds. The predicted octanol–water partition coefficient (Wildman–Crippen LogP) is 1.75. The number of carbonyl (C=O) groups is 1. The second-order valence-corrected chi connectivity index (χ2v) is 6.08. The lowest BCUT2D eigenvalue weighted by molar-refractivity contribution is 0.0603. The summed E-state index contributed by atoms with van der Waals surface area (Å²) in [6, 6.07) is 4.67. The van der Waals surface area contributed by atoms with Crippen LogP contribution < -0.4 is 0 Å². The number of benzene rings is 1. The molecule has 6 heteroatoms. The van der Waals surface area contributed by atoms with E-state index in [0.29, 0.717) is 16.5 Å². The summed E-state index contributed by atoms with van der Waals surface area (Å²) in [6.45, 7) is 1.58. The van der Waals surface area contributed by atoms with Crippen molar-refractivity contribution in [3.63, 3.8) is 0 Å². The number of aromatic amines is 1. The number of carbonyl (C=O) groups excluding carboxylic acids is 1. The van der Waals surface area contributed by atoms with Crippen LogP contribution in [-0.2, 0) is 14.6 Å². The molecule has 0 saturated heterocycles. The molecular formula is C12H13NO4S. The molecule has 0 unspecified atom stereocenters. The fourth-order valence-corrected chi connectivity index (χ4v) is 2.64. The third kappa shape index (κ3) is 1.99. The van der Waals surface area contributed by atoms with Crippen molar-refractivity contribution in [3.8, 4) is 0 Å². The predicted molar refractivity (Wildman–Crippen MR) is 67.4 cm³/mol. The molecule has 0 aliphatic carbocycles. The zero-order chi connectivity index (χ0) is 13.3. The number of H-pyrrole nitrogens is 1. The summed E-state index contributed by atoms with van der Waals surface area (Å²) in [7, 11) is -2.00. The lowest BCUT2D eigenvalue weighted by atomic mass is 10.2. The van der Waals surface area contributed by atoms with E-state index in [-0.39, 0.29) is 10.6 Å². The summed E-state index contributed by atoms with van der Waals surface area (Å²) < 4.78 is 28.2. The Morgan fingerprint density at radius 1 is 1.39 bits per heavy atom. The average molecular weight is 267 g/mol. The Hall–Kier alpha value is -1.82. The van der Waals surface area contributed by atoms with Gasteiger partial charge in [0.1, 0.15) is 0 Å². The van der Waals surface area contributed by atoms with Gasteiger partial charge in [-0.3, -0.25) is 0 Å². The number of hydrogen-bond acceptors (Lipinski definition) is 4. The second kappa shape index (κ2) is 4.45. The summed E-state index contributed by atoms with van der Waals surface area (Å²) in [5, 5.41) is 0.552. The number of rotatable bonds is 3. The van der Waals surface area contributed by atoms with Crippen LogP contribution in [0.25, 0.3) is 10.9 Å². The van der Waals surface area contributed by atoms with Crippen molar-refractivity contribution in [2.75, 3.05) is 12.9 Å². The molecular weight excluding hydrogens is 254 g/mol. The van der Waals surface area contributed by atoms with Crippen LogP contribution in [0, 0.1) is 0 Å². The first-order valence-corrected chi connectivity index (χ1v) is 7.07. The first-order valence-electron chi connectivity index (χ1n) is 5.42. The van der Waals surface area contributed by atoms with Crippen LogP contribution in [0.4, 0.5) is 0 Å². The van der Waals surface area contributed by atoms with Crippen molar-refractivity contribution in [1.29, 1.82) is 0 Å². The van der Waals surface area contributed by atoms with Crippen molar-refractivity contribution in [1.82, 2.24) is 4.98 Å². The fraction of sp³-hybridized carbons (Fsp3) is 0.250. The molecule has 0 fully saturated rings. The van der Waals surface area contributed by atoms with E-state index in [1.807, 2.05) is 0 Å². The highest BCUT2D eigenvalue weighted by molar-refractivity contribution is 7.91. The number of nitrogens with one attached hydrogen (secondary N) is 1. The Kier molecular flexibility index (Phi) is 3.13. The van der Waals surface area contributed by atoms with E-state index in [9.17, 15) is 13.2 Å². The number of hydrogen-bond donors (Lipinski definition) is 1. The summed E-state index contributed by atoms with van der Waals surface area (Å²) in [4.78, 5) is 14.6. The molecule has 1 aromatic carbocycles. The van der Waals surface area contributed by atoms with Gasteiger partial charge in [0.2, 0.25) is 0 Å². The van der Waals surface area contributed by atoms with E-state index in [2.05, 4.69) is 9.72 Å². The summed E-state index contributed by atoms with van der Waals surface area (Å²) in [6.07, 6.45) is 1.51. The van der Waals surface area contributed by atoms with Crippen LogP contribution in [0.1, 0.15) is 17.3 Å². The van der Waals surface area contributed by atoms with Gasteiger partial charge in [0.15, 0.2) is 9.84 Å². The van der Waals surface area contributed by atoms with Gasteiger partial charge in [0.25, 0.3) is 0 Å². The third-order valence-electron chi connectivity index (χ3n) is 2.80. The van der Waals surface area contributed by atoms with Crippen LogP contribution in [0.15, 0.2) is 29.3 Å². The lowest BCUT2D eigenvalue weighted by Crippen LogP contribution is -2.04. The smallest absolute Gasteiger partial charge is 0.340 e. The van der Waals surface area contributed by atoms with Crippen molar-refractivity contribution >= 4 is 26.7 Å². The number of fused-ring (bicyclic) bond motifs is 1. The van der Waals surface area contributed by atoms with Gasteiger partial charge < -0.3 is 9.72 Å². The Morgan fingerprint density at radius 2 is 2.11 bits per heavy atom. The Morgan fingerprint density at radius 3 is 2.72 bits per heavy atom. The van der Waals surface area contributed by atoms with Crippen LogP contribution in [0.2, 0.25) is 0 Å². The third-order valence-corrected chi connectivity index (χ3v) is 4.53. The van der Waals surface area contributed by atoms with Crippen molar-refractivity contribution in [2.45, 2.75) is 11.8 Å². The van der Waals surface area contributed by atoms with Gasteiger partial charge in [0.05, 0.1) is 23.3 Å². The minimum absolute atomic E-state index is 0.0243. The quantitative estimate of drug-likeness (QED) is 0.859. The fourth-order valence-electron chi connectivity index (χ4n) is 1.74. The molecule has 0 saturated carbocycles. The topological polar surface area (TPSA) is 76.2 Å². The van der Waals surface area contributed by atoms with Gasteiger partial charge in [-0.2, -0.15) is 0 Å². The minimum Gasteiger partial charge on any atom is -0.465 e. The first-order chi connectivity index (χ1) is 8.49. The number of ether oxygens (including phenoxy) is 1. The second-order valence-electron chi connectivity index (χ2n) is 3.80. The average Bonchev–Trinajstić information content (AvgIpc) is 2.80. The summed E-state index contributed by atoms with van der Waals surface area (Å²) in [5.41, 5.74) is 1.03. The van der Waals surface area contributed by atoms with Crippen molar-refractivity contribution < 1.29 is 17.9 Å². The highest BCUT2D eigenvalue weighted by Gasteiger charge is 2.16. The van der Waals surface area contributed by atoms with E-state index in [1.54, 1.807) is 13.0 Å². The van der Waals surface area contributed by atoms with Gasteiger partial charge in [-0.05, 0) is 18.2 Å². The molecule has 2 aromatic rings. The summed E-state index contributed by atoms with van der Waals surface area (Å²) in [5.74, 6) is -0.469. The summed E-state index contributed by atoms with van der Waals surface area (Å²) >= 11 is 0. The molecule has 0 bridgehead atoms. The van der Waals surface area contributed by atoms with E-state index < -0.39 is 15.8 Å². The molecule has 1 heterocycles. The Balaban J connectivity index is 2.67. The van der Waals surface area contributed by atoms with E-state index >= 15 is 0 Å². The van der Waals surface area contributed by atoms with Gasteiger partial charge in [-0.1, -0.05) is 6.92 Å². The van der Waals surface area contributed by atoms with E-state index in [1.165, 1.54) is 25.4 Å². The van der Waals surface area contributed by atoms with E-state index in [0.717, 1.165) is 0 Å². The van der Waals surface area contributed by atoms with Crippen molar-refractivity contribution in [2.24, 2.45) is 0 Å². The van der Waals surface area contributed by atoms with Gasteiger partial charge >= 0.3 is 5.97 Å². The molecule has 0 spiro atoms. The zero-order valence-corrected chi connectivity index (χ0v) is 10.9. The number of methoxy groups -OCH3 is 1. The molecule has 18 heavy (non-hydrogen) atoms. The molecule has 2 rings (SSSR count). The minimum atomic E-state index is -3.28. The molecule has 1 N–H and O–H groups in total. The standard InChI is InChI=1S/C12H13NO4S/c1-3-18(15,16)8-4-5-11-9(6-8)10(7-13-11)12(14)17-2/h4-7,13H,3H2,1-2H3. The molecule has 0 atom stereocenters. The molecule has 96 valence electrons. The SMILES string of the molecule is CCS(=O)(=O)c1ccc2[nH]cc(C(=O)OC)c2c1. The van der Waals surface area contributed by atoms with Gasteiger partial charge in [0, 0.05) is 17.1 Å². The number of sulfone groups is 1. The maximum Gasteiger partial charge on any atom is 0.340 e. The molecule has 0 aliphatic rings. The lowest BCUT2D eigenvalue weighted by Gasteiger charge is -2.02. The molecule has 1 aromatic heterocycles. The zero-order valence-electron chi connectivity index (χ0n) is 10.1. The van der Waals surface area contributed by atoms with Crippen LogP contribution in [0.5, 0.6) is 0 Å².